The summed E-state index contributed by atoms with van der Waals surface area (Å²) in [5, 5.41) is 9.66. The summed E-state index contributed by atoms with van der Waals surface area (Å²) in [5.74, 6) is 0.843. The summed E-state index contributed by atoms with van der Waals surface area (Å²) in [6, 6.07) is 9.31. The molecule has 0 saturated carbocycles. The van der Waals surface area contributed by atoms with Crippen molar-refractivity contribution in [3.8, 4) is 0 Å². The van der Waals surface area contributed by atoms with E-state index in [0.717, 1.165) is 38.4 Å². The minimum Gasteiger partial charge on any atom is -0.357 e. The Kier molecular flexibility index (Phi) is 11.1. The molecule has 0 aliphatic carbocycles. The lowest BCUT2D eigenvalue weighted by atomic mass is 10.2. The number of hydrogen-bond acceptors (Lipinski definition) is 3. The van der Waals surface area contributed by atoms with E-state index in [2.05, 4.69) is 32.8 Å². The number of carbonyl (C=O) groups excluding carboxylic acids is 1. The van der Waals surface area contributed by atoms with Gasteiger partial charge in [-0.2, -0.15) is 0 Å². The second kappa shape index (κ2) is 14.0. The molecular formula is C22H37N5O. The van der Waals surface area contributed by atoms with Crippen molar-refractivity contribution in [3.63, 3.8) is 0 Å². The molecule has 6 heteroatoms. The number of rotatable bonds is 10. The lowest BCUT2D eigenvalue weighted by Gasteiger charge is -2.20. The van der Waals surface area contributed by atoms with Crippen LogP contribution in [0.5, 0.6) is 0 Å². The quantitative estimate of drug-likeness (QED) is 0.328. The number of carbonyl (C=O) groups is 1. The van der Waals surface area contributed by atoms with Gasteiger partial charge in [-0.25, -0.2) is 0 Å². The Balaban J connectivity index is 1.59. The van der Waals surface area contributed by atoms with Crippen LogP contribution in [-0.4, -0.2) is 62.6 Å². The first-order valence-electron chi connectivity index (χ1n) is 10.9. The Hall–Kier alpha value is -2.08. The number of amides is 1. The normalized spacial score (nSPS) is 15.7. The van der Waals surface area contributed by atoms with Gasteiger partial charge in [0.1, 0.15) is 0 Å². The van der Waals surface area contributed by atoms with Crippen LogP contribution in [0.1, 0.15) is 55.8 Å². The summed E-state index contributed by atoms with van der Waals surface area (Å²) >= 11 is 0. The van der Waals surface area contributed by atoms with Crippen molar-refractivity contribution < 1.29 is 4.79 Å². The highest BCUT2D eigenvalue weighted by Gasteiger charge is 2.08. The summed E-state index contributed by atoms with van der Waals surface area (Å²) in [6.07, 6.45) is 7.42. The average Bonchev–Trinajstić information content (AvgIpc) is 3.00. The SMILES string of the molecule is CCNC(=NCCCNC(=O)c1ccccc1)NCCCN1CCCCCC1. The Morgan fingerprint density at radius 2 is 1.68 bits per heavy atom. The highest BCUT2D eigenvalue weighted by atomic mass is 16.1. The lowest BCUT2D eigenvalue weighted by Crippen LogP contribution is -2.39. The molecule has 0 spiro atoms. The van der Waals surface area contributed by atoms with Crippen LogP contribution in [-0.2, 0) is 0 Å². The fourth-order valence-corrected chi connectivity index (χ4v) is 3.37. The Morgan fingerprint density at radius 3 is 2.39 bits per heavy atom. The van der Waals surface area contributed by atoms with Gasteiger partial charge in [-0.1, -0.05) is 31.0 Å². The molecule has 28 heavy (non-hydrogen) atoms. The van der Waals surface area contributed by atoms with E-state index in [0.29, 0.717) is 18.7 Å². The molecule has 0 atom stereocenters. The summed E-state index contributed by atoms with van der Waals surface area (Å²) in [5.41, 5.74) is 0.699. The number of aliphatic imine (C=N–C) groups is 1. The molecule has 0 radical (unpaired) electrons. The topological polar surface area (TPSA) is 68.8 Å². The van der Waals surface area contributed by atoms with E-state index in [1.54, 1.807) is 0 Å². The predicted octanol–water partition coefficient (Wildman–Crippen LogP) is 2.63. The maximum Gasteiger partial charge on any atom is 0.251 e. The van der Waals surface area contributed by atoms with Gasteiger partial charge >= 0.3 is 0 Å². The van der Waals surface area contributed by atoms with E-state index in [1.165, 1.54) is 38.8 Å². The minimum atomic E-state index is -0.0249. The van der Waals surface area contributed by atoms with Crippen molar-refractivity contribution in [1.82, 2.24) is 20.9 Å². The van der Waals surface area contributed by atoms with E-state index >= 15 is 0 Å². The third-order valence-corrected chi connectivity index (χ3v) is 4.91. The standard InChI is InChI=1S/C22H37N5O/c1-2-23-22(26-16-11-19-27-17-8-3-4-9-18-27)25-15-10-14-24-21(28)20-12-6-5-7-13-20/h5-7,12-13H,2-4,8-11,14-19H2,1H3,(H,24,28)(H2,23,25,26). The van der Waals surface area contributed by atoms with Crippen LogP contribution < -0.4 is 16.0 Å². The summed E-state index contributed by atoms with van der Waals surface area (Å²) in [7, 11) is 0. The molecule has 1 fully saturated rings. The van der Waals surface area contributed by atoms with Crippen LogP contribution >= 0.6 is 0 Å². The number of hydrogen-bond donors (Lipinski definition) is 3. The highest BCUT2D eigenvalue weighted by Crippen LogP contribution is 2.09. The molecule has 0 unspecified atom stereocenters. The van der Waals surface area contributed by atoms with Crippen LogP contribution in [0.2, 0.25) is 0 Å². The van der Waals surface area contributed by atoms with Crippen LogP contribution in [0.3, 0.4) is 0 Å². The first kappa shape index (κ1) is 22.2. The summed E-state index contributed by atoms with van der Waals surface area (Å²) in [6.45, 7) is 8.86. The maximum atomic E-state index is 12.0. The molecule has 3 N–H and O–H groups in total. The Labute approximate surface area is 170 Å². The molecule has 1 amide bonds. The number of benzene rings is 1. The minimum absolute atomic E-state index is 0.0249. The molecule has 1 heterocycles. The molecule has 1 saturated heterocycles. The largest absolute Gasteiger partial charge is 0.357 e. The van der Waals surface area contributed by atoms with E-state index in [-0.39, 0.29) is 5.91 Å². The first-order chi connectivity index (χ1) is 13.8. The molecule has 1 aromatic carbocycles. The van der Waals surface area contributed by atoms with Crippen molar-refractivity contribution >= 4 is 11.9 Å². The van der Waals surface area contributed by atoms with Crippen LogP contribution in [0.4, 0.5) is 0 Å². The van der Waals surface area contributed by atoms with Gasteiger partial charge in [0.05, 0.1) is 0 Å². The first-order valence-corrected chi connectivity index (χ1v) is 10.9. The fourth-order valence-electron chi connectivity index (χ4n) is 3.37. The summed E-state index contributed by atoms with van der Waals surface area (Å²) < 4.78 is 0. The molecule has 2 rings (SSSR count). The van der Waals surface area contributed by atoms with E-state index in [4.69, 9.17) is 0 Å². The monoisotopic (exact) mass is 387 g/mol. The number of guanidine groups is 1. The van der Waals surface area contributed by atoms with E-state index in [9.17, 15) is 4.79 Å². The zero-order chi connectivity index (χ0) is 19.9. The van der Waals surface area contributed by atoms with Crippen molar-refractivity contribution in [2.75, 3.05) is 45.8 Å². The zero-order valence-electron chi connectivity index (χ0n) is 17.4. The molecule has 0 bridgehead atoms. The van der Waals surface area contributed by atoms with Gasteiger partial charge in [0.25, 0.3) is 5.91 Å². The molecule has 1 aliphatic rings. The maximum absolute atomic E-state index is 12.0. The third kappa shape index (κ3) is 9.22. The van der Waals surface area contributed by atoms with Gasteiger partial charge in [-0.15, -0.1) is 0 Å². The smallest absolute Gasteiger partial charge is 0.251 e. The second-order valence-corrected chi connectivity index (χ2v) is 7.27. The Bertz CT molecular complexity index is 568. The van der Waals surface area contributed by atoms with Gasteiger partial charge in [0.2, 0.25) is 0 Å². The number of likely N-dealkylation sites (tertiary alicyclic amines) is 1. The third-order valence-electron chi connectivity index (χ3n) is 4.91. The van der Waals surface area contributed by atoms with Crippen LogP contribution in [0.25, 0.3) is 0 Å². The molecule has 156 valence electrons. The van der Waals surface area contributed by atoms with Crippen LogP contribution in [0, 0.1) is 0 Å². The second-order valence-electron chi connectivity index (χ2n) is 7.27. The molecule has 1 aromatic rings. The molecular weight excluding hydrogens is 350 g/mol. The van der Waals surface area contributed by atoms with Gasteiger partial charge in [-0.3, -0.25) is 9.79 Å². The number of nitrogens with zero attached hydrogens (tertiary/aromatic N) is 2. The van der Waals surface area contributed by atoms with Gasteiger partial charge in [0, 0.05) is 31.7 Å². The predicted molar refractivity (Wildman–Crippen MR) is 117 cm³/mol. The van der Waals surface area contributed by atoms with E-state index < -0.39 is 0 Å². The van der Waals surface area contributed by atoms with E-state index in [1.807, 2.05) is 30.3 Å². The number of nitrogens with one attached hydrogen (secondary N) is 3. The average molecular weight is 388 g/mol. The Morgan fingerprint density at radius 1 is 0.964 bits per heavy atom. The lowest BCUT2D eigenvalue weighted by molar-refractivity contribution is 0.0953. The molecule has 0 aromatic heterocycles. The fraction of sp³-hybridized carbons (Fsp3) is 0.636. The highest BCUT2D eigenvalue weighted by molar-refractivity contribution is 5.94. The molecule has 6 nitrogen and oxygen atoms in total. The van der Waals surface area contributed by atoms with Crippen molar-refractivity contribution in [3.05, 3.63) is 35.9 Å². The van der Waals surface area contributed by atoms with Crippen LogP contribution in [0.15, 0.2) is 35.3 Å². The zero-order valence-corrected chi connectivity index (χ0v) is 17.4. The molecule has 1 aliphatic heterocycles. The van der Waals surface area contributed by atoms with Gasteiger partial charge < -0.3 is 20.9 Å². The van der Waals surface area contributed by atoms with Gasteiger partial charge in [-0.05, 0) is 64.4 Å². The van der Waals surface area contributed by atoms with Crippen molar-refractivity contribution in [2.45, 2.75) is 45.4 Å². The van der Waals surface area contributed by atoms with Crippen molar-refractivity contribution in [2.24, 2.45) is 4.99 Å². The summed E-state index contributed by atoms with van der Waals surface area (Å²) in [4.78, 5) is 19.2. The van der Waals surface area contributed by atoms with Crippen molar-refractivity contribution in [1.29, 1.82) is 0 Å². The van der Waals surface area contributed by atoms with Gasteiger partial charge in [0.15, 0.2) is 5.96 Å².